The number of benzene rings is 2. The number of para-hydroxylation sites is 1. The lowest BCUT2D eigenvalue weighted by molar-refractivity contribution is -0.384. The van der Waals surface area contributed by atoms with Gasteiger partial charge in [-0.1, -0.05) is 30.3 Å². The van der Waals surface area contributed by atoms with Crippen LogP contribution in [0.2, 0.25) is 0 Å². The van der Waals surface area contributed by atoms with Gasteiger partial charge in [-0.25, -0.2) is 9.59 Å². The van der Waals surface area contributed by atoms with Gasteiger partial charge in [0.05, 0.1) is 28.1 Å². The van der Waals surface area contributed by atoms with Gasteiger partial charge >= 0.3 is 11.9 Å². The summed E-state index contributed by atoms with van der Waals surface area (Å²) in [5.41, 5.74) is 9.45. The lowest BCUT2D eigenvalue weighted by atomic mass is 9.81. The molecule has 4 rings (SSSR count). The van der Waals surface area contributed by atoms with E-state index in [0.717, 1.165) is 26.2 Å². The van der Waals surface area contributed by atoms with Crippen molar-refractivity contribution in [1.29, 1.82) is 0 Å². The maximum atomic E-state index is 13.5. The van der Waals surface area contributed by atoms with Crippen LogP contribution in [-0.2, 0) is 19.1 Å². The zero-order valence-electron chi connectivity index (χ0n) is 23.9. The van der Waals surface area contributed by atoms with Crippen molar-refractivity contribution in [2.75, 3.05) is 44.2 Å². The molecule has 0 aliphatic carbocycles. The molecule has 2 heterocycles. The number of ether oxygens (including phenoxy) is 2. The molecule has 0 radical (unpaired) electrons. The van der Waals surface area contributed by atoms with Gasteiger partial charge in [-0.3, -0.25) is 15.0 Å². The molecule has 2 aromatic rings. The first-order chi connectivity index (χ1) is 19.6. The highest BCUT2D eigenvalue weighted by Gasteiger charge is 2.39. The first-order valence-electron chi connectivity index (χ1n) is 13.7. The Balaban J connectivity index is 1.49. The zero-order valence-corrected chi connectivity index (χ0v) is 23.9. The van der Waals surface area contributed by atoms with E-state index in [9.17, 15) is 19.7 Å². The maximum Gasteiger partial charge on any atom is 0.338 e. The molecule has 11 nitrogen and oxygen atoms in total. The van der Waals surface area contributed by atoms with Gasteiger partial charge in [-0.15, -0.1) is 0 Å². The summed E-state index contributed by atoms with van der Waals surface area (Å²) in [6.07, 6.45) is -0.442. The van der Waals surface area contributed by atoms with Crippen LogP contribution in [0.4, 0.5) is 11.4 Å². The predicted molar refractivity (Wildman–Crippen MR) is 155 cm³/mol. The van der Waals surface area contributed by atoms with Crippen molar-refractivity contribution in [2.24, 2.45) is 5.73 Å². The summed E-state index contributed by atoms with van der Waals surface area (Å²) in [5.74, 6) is -2.33. The number of nitro groups is 1. The van der Waals surface area contributed by atoms with Crippen molar-refractivity contribution in [3.05, 3.63) is 92.4 Å². The molecule has 1 unspecified atom stereocenters. The van der Waals surface area contributed by atoms with Gasteiger partial charge in [0.2, 0.25) is 0 Å². The molecule has 3 N–H and O–H groups in total. The second kappa shape index (κ2) is 12.9. The van der Waals surface area contributed by atoms with Crippen molar-refractivity contribution >= 4 is 23.3 Å². The van der Waals surface area contributed by atoms with Crippen molar-refractivity contribution in [3.63, 3.8) is 0 Å². The Kier molecular flexibility index (Phi) is 9.28. The number of esters is 2. The van der Waals surface area contributed by atoms with E-state index in [4.69, 9.17) is 15.2 Å². The van der Waals surface area contributed by atoms with Gasteiger partial charge in [0.1, 0.15) is 12.4 Å². The molecule has 2 aliphatic rings. The molecule has 1 fully saturated rings. The fourth-order valence-electron chi connectivity index (χ4n) is 5.26. The van der Waals surface area contributed by atoms with Gasteiger partial charge < -0.3 is 25.4 Å². The SMILES string of the molecule is CC1=C(C(=O)OCCN2CCN(c3ccccc3C)CC2)C(c2cccc([N+](=O)[O-])c2)C(C(=O)OC(C)C)=C(N)N1. The Morgan fingerprint density at radius 2 is 1.76 bits per heavy atom. The van der Waals surface area contributed by atoms with Crippen molar-refractivity contribution in [1.82, 2.24) is 10.2 Å². The van der Waals surface area contributed by atoms with E-state index in [0.29, 0.717) is 17.8 Å². The van der Waals surface area contributed by atoms with E-state index < -0.39 is 28.9 Å². The highest BCUT2D eigenvalue weighted by atomic mass is 16.6. The monoisotopic (exact) mass is 563 g/mol. The molecule has 41 heavy (non-hydrogen) atoms. The van der Waals surface area contributed by atoms with Crippen LogP contribution in [0.5, 0.6) is 0 Å². The largest absolute Gasteiger partial charge is 0.461 e. The summed E-state index contributed by atoms with van der Waals surface area (Å²) >= 11 is 0. The molecule has 2 aromatic carbocycles. The van der Waals surface area contributed by atoms with Crippen LogP contribution in [0.25, 0.3) is 0 Å². The van der Waals surface area contributed by atoms with Gasteiger partial charge in [0, 0.05) is 56.2 Å². The van der Waals surface area contributed by atoms with Crippen LogP contribution in [0, 0.1) is 17.0 Å². The third-order valence-electron chi connectivity index (χ3n) is 7.26. The van der Waals surface area contributed by atoms with E-state index in [1.54, 1.807) is 26.8 Å². The quantitative estimate of drug-likeness (QED) is 0.265. The molecular weight excluding hydrogens is 526 g/mol. The number of nitrogens with two attached hydrogens (primary N) is 1. The van der Waals surface area contributed by atoms with Crippen molar-refractivity contribution in [3.8, 4) is 0 Å². The Labute approximate surface area is 239 Å². The molecule has 0 amide bonds. The number of nitrogens with one attached hydrogen (secondary N) is 1. The molecule has 2 aliphatic heterocycles. The Hall–Kier alpha value is -4.38. The predicted octanol–water partition coefficient (Wildman–Crippen LogP) is 3.35. The second-order valence-corrected chi connectivity index (χ2v) is 10.5. The Morgan fingerprint density at radius 3 is 2.41 bits per heavy atom. The van der Waals surface area contributed by atoms with Crippen LogP contribution in [-0.4, -0.2) is 67.2 Å². The number of anilines is 1. The number of aryl methyl sites for hydroxylation is 1. The molecule has 218 valence electrons. The minimum atomic E-state index is -1.01. The lowest BCUT2D eigenvalue weighted by Gasteiger charge is -2.36. The number of nitrogens with zero attached hydrogens (tertiary/aromatic N) is 3. The first-order valence-corrected chi connectivity index (χ1v) is 13.7. The van der Waals surface area contributed by atoms with Gasteiger partial charge in [0.25, 0.3) is 5.69 Å². The molecule has 1 atom stereocenters. The van der Waals surface area contributed by atoms with E-state index in [-0.39, 0.29) is 29.3 Å². The second-order valence-electron chi connectivity index (χ2n) is 10.5. The van der Waals surface area contributed by atoms with E-state index >= 15 is 0 Å². The van der Waals surface area contributed by atoms with E-state index in [2.05, 4.69) is 34.2 Å². The highest BCUT2D eigenvalue weighted by Crippen LogP contribution is 2.39. The smallest absolute Gasteiger partial charge is 0.338 e. The number of hydrogen-bond acceptors (Lipinski definition) is 10. The van der Waals surface area contributed by atoms with Gasteiger partial charge in [0.15, 0.2) is 0 Å². The third-order valence-corrected chi connectivity index (χ3v) is 7.26. The minimum absolute atomic E-state index is 0.00377. The summed E-state index contributed by atoms with van der Waals surface area (Å²) in [5, 5.41) is 14.4. The number of allylic oxidation sites excluding steroid dienone is 1. The number of nitro benzene ring substituents is 1. The molecule has 11 heteroatoms. The standard InChI is InChI=1S/C30H37N5O6/c1-19(2)41-30(37)27-26(22-9-7-10-23(18-22)35(38)39)25(21(4)32-28(27)31)29(36)40-17-16-33-12-14-34(15-13-33)24-11-6-5-8-20(24)3/h5-11,18-19,26,32H,12-17,31H2,1-4H3. The van der Waals surface area contributed by atoms with Crippen LogP contribution in [0.3, 0.4) is 0 Å². The number of non-ortho nitro benzene ring substituents is 1. The highest BCUT2D eigenvalue weighted by molar-refractivity contribution is 6.00. The van der Waals surface area contributed by atoms with Crippen LogP contribution in [0.1, 0.15) is 37.8 Å². The summed E-state index contributed by atoms with van der Waals surface area (Å²) < 4.78 is 11.1. The third kappa shape index (κ3) is 6.86. The maximum absolute atomic E-state index is 13.5. The molecule has 1 saturated heterocycles. The van der Waals surface area contributed by atoms with E-state index in [1.165, 1.54) is 29.4 Å². The van der Waals surface area contributed by atoms with Crippen LogP contribution < -0.4 is 16.0 Å². The van der Waals surface area contributed by atoms with Gasteiger partial charge in [-0.2, -0.15) is 0 Å². The molecule has 0 spiro atoms. The number of piperazine rings is 1. The summed E-state index contributed by atoms with van der Waals surface area (Å²) in [6.45, 7) is 11.3. The molecular formula is C30H37N5O6. The average molecular weight is 564 g/mol. The molecule has 0 aromatic heterocycles. The van der Waals surface area contributed by atoms with Crippen molar-refractivity contribution < 1.29 is 24.0 Å². The normalized spacial score (nSPS) is 17.9. The fourth-order valence-corrected chi connectivity index (χ4v) is 5.26. The molecule has 0 bridgehead atoms. The Morgan fingerprint density at radius 1 is 1.05 bits per heavy atom. The lowest BCUT2D eigenvalue weighted by Crippen LogP contribution is -2.47. The summed E-state index contributed by atoms with van der Waals surface area (Å²) in [4.78, 5) is 42.2. The Bertz CT molecular complexity index is 1380. The van der Waals surface area contributed by atoms with Crippen molar-refractivity contribution in [2.45, 2.75) is 39.7 Å². The number of dihydropyridines is 1. The number of hydrogen-bond donors (Lipinski definition) is 2. The number of rotatable bonds is 9. The first kappa shape index (κ1) is 29.6. The topological polar surface area (TPSA) is 140 Å². The zero-order chi connectivity index (χ0) is 29.7. The number of carbonyl (C=O) groups excluding carboxylic acids is 2. The number of carbonyl (C=O) groups is 2. The minimum Gasteiger partial charge on any atom is -0.461 e. The average Bonchev–Trinajstić information content (AvgIpc) is 2.93. The van der Waals surface area contributed by atoms with Gasteiger partial charge in [-0.05, 0) is 44.9 Å². The van der Waals surface area contributed by atoms with E-state index in [1.807, 2.05) is 12.1 Å². The fraction of sp³-hybridized carbons (Fsp3) is 0.400. The molecule has 0 saturated carbocycles. The van der Waals surface area contributed by atoms with Crippen LogP contribution >= 0.6 is 0 Å². The summed E-state index contributed by atoms with van der Waals surface area (Å²) in [6, 6.07) is 14.1. The summed E-state index contributed by atoms with van der Waals surface area (Å²) in [7, 11) is 0. The van der Waals surface area contributed by atoms with Crippen LogP contribution in [0.15, 0.2) is 71.2 Å².